The summed E-state index contributed by atoms with van der Waals surface area (Å²) in [5.74, 6) is 1.31. The summed E-state index contributed by atoms with van der Waals surface area (Å²) in [6.45, 7) is 30.9. The molecule has 6 N–H and O–H groups in total. The molecule has 9 aliphatic carbocycles. The van der Waals surface area contributed by atoms with Crippen LogP contribution in [0.5, 0.6) is 34.5 Å². The molecule has 0 aliphatic heterocycles. The molecule has 24 rings (SSSR count). The zero-order valence-corrected chi connectivity index (χ0v) is 70.5. The van der Waals surface area contributed by atoms with Crippen LogP contribution in [0.2, 0.25) is 0 Å². The van der Waals surface area contributed by atoms with E-state index in [-0.39, 0.29) is 119 Å². The monoisotopic (exact) mass is 1730 g/mol. The Balaban J connectivity index is 0.000000126. The lowest BCUT2D eigenvalue weighted by Crippen LogP contribution is -2.47. The number of benzene rings is 9. The fraction of sp³-hybridized carbons (Fsp3) is 0.257. The van der Waals surface area contributed by atoms with E-state index in [1.54, 1.807) is 72.8 Å². The Morgan fingerprint density at radius 1 is 0.310 bits per heavy atom. The average Bonchev–Trinajstić information content (AvgIpc) is 1.30. The summed E-state index contributed by atoms with van der Waals surface area (Å²) in [5, 5.41) is 11.0. The molecule has 648 valence electrons. The van der Waals surface area contributed by atoms with Gasteiger partial charge in [0.05, 0.1) is 53.3 Å². The van der Waals surface area contributed by atoms with Crippen LogP contribution >= 0.6 is 0 Å². The number of hydrogen-bond acceptors (Lipinski definition) is 9. The van der Waals surface area contributed by atoms with Crippen molar-refractivity contribution in [1.29, 1.82) is 0 Å². The van der Waals surface area contributed by atoms with E-state index in [0.29, 0.717) is 121 Å². The first-order chi connectivity index (χ1) is 62.7. The molecular formula is C105H87F9N12O3. The third-order valence-electron chi connectivity index (χ3n) is 27.7. The van der Waals surface area contributed by atoms with Crippen molar-refractivity contribution < 1.29 is 53.7 Å². The molecule has 9 aromatic carbocycles. The van der Waals surface area contributed by atoms with Gasteiger partial charge in [0.25, 0.3) is 0 Å². The van der Waals surface area contributed by atoms with Crippen LogP contribution in [0.1, 0.15) is 97.8 Å². The second kappa shape index (κ2) is 35.5. The lowest BCUT2D eigenvalue weighted by atomic mass is 9.62. The third-order valence-corrected chi connectivity index (χ3v) is 27.7. The lowest BCUT2D eigenvalue weighted by molar-refractivity contribution is 0.0926. The van der Waals surface area contributed by atoms with E-state index >= 15 is 13.2 Å². The maximum Gasteiger partial charge on any atom is 0.223 e. The summed E-state index contributed by atoms with van der Waals surface area (Å²) in [6.07, 6.45) is 18.0. The normalized spacial score (nSPS) is 21.1. The molecule has 0 saturated heterocycles. The summed E-state index contributed by atoms with van der Waals surface area (Å²) < 4.78 is 155. The van der Waals surface area contributed by atoms with Gasteiger partial charge in [-0.05, 0) is 238 Å². The highest BCUT2D eigenvalue weighted by molar-refractivity contribution is 6.05. The van der Waals surface area contributed by atoms with Crippen LogP contribution in [0.15, 0.2) is 219 Å². The first kappa shape index (κ1) is 84.2. The Hall–Kier alpha value is -14.3. The van der Waals surface area contributed by atoms with Gasteiger partial charge < -0.3 is 45.1 Å². The molecule has 9 aliphatic rings. The number of nitrogens with one attached hydrogen (secondary N) is 6. The highest BCUT2D eigenvalue weighted by Gasteiger charge is 2.46. The molecule has 15 aromatic rings. The quantitative estimate of drug-likeness (QED) is 0.0363. The van der Waals surface area contributed by atoms with Gasteiger partial charge >= 0.3 is 0 Å². The van der Waals surface area contributed by atoms with E-state index in [2.05, 4.69) is 81.2 Å². The second-order valence-electron chi connectivity index (χ2n) is 34.8. The SMILES string of the molecule is [C-]#[N+]c1c(-c2c[nH]c3c(F)cc(F)cc23)nc(NC2C3CCC(CC3)C2C)c(F)c1-c1ccc(Oc2ccccc2)cc1.[C-]#[N+]c1c(-c2c[nH]c3c(F)cc(F)cc23)nc(N[C@@H]2C3CCC(CC3)[C@H]2C)c(F)c1-c1ccc(Oc2ccccc2)cc1.[C-]#[N+]c1c(-c2c[nH]c3c(F)cc(F)cc23)nc(N[C@H]2C3CCC(CC3)[C@@H]2C)c(F)c1-c1ccc(Oc2ccccc2)cc1. The van der Waals surface area contributed by atoms with Crippen molar-refractivity contribution in [3.05, 3.63) is 305 Å². The smallest absolute Gasteiger partial charge is 0.223 e. The number of aromatic amines is 3. The Kier molecular flexibility index (Phi) is 23.2. The van der Waals surface area contributed by atoms with Gasteiger partial charge in [-0.15, -0.1) is 0 Å². The van der Waals surface area contributed by atoms with E-state index < -0.39 is 52.4 Å². The number of halogens is 9. The molecule has 6 atom stereocenters. The van der Waals surface area contributed by atoms with Gasteiger partial charge in [-0.2, -0.15) is 0 Å². The number of fused-ring (bicyclic) bond motifs is 12. The summed E-state index contributed by atoms with van der Waals surface area (Å²) in [6, 6.07) is 54.6. The zero-order valence-electron chi connectivity index (χ0n) is 70.5. The van der Waals surface area contributed by atoms with Gasteiger partial charge in [0.2, 0.25) is 17.1 Å². The fourth-order valence-electron chi connectivity index (χ4n) is 21.1. The Morgan fingerprint density at radius 3 is 0.775 bits per heavy atom. The lowest BCUT2D eigenvalue weighted by Gasteiger charge is -2.47. The summed E-state index contributed by atoms with van der Waals surface area (Å²) >= 11 is 0. The van der Waals surface area contributed by atoms with E-state index in [1.165, 1.54) is 75.3 Å². The first-order valence-electron chi connectivity index (χ1n) is 43.7. The minimum Gasteiger partial charge on any atom is -0.457 e. The number of anilines is 3. The van der Waals surface area contributed by atoms with E-state index in [0.717, 1.165) is 56.7 Å². The van der Waals surface area contributed by atoms with Gasteiger partial charge in [-0.1, -0.05) is 112 Å². The van der Waals surface area contributed by atoms with Crippen molar-refractivity contribution in [2.24, 2.45) is 53.3 Å². The van der Waals surface area contributed by atoms with E-state index in [9.17, 15) is 26.3 Å². The minimum absolute atomic E-state index is 0.0356. The molecule has 6 heterocycles. The molecule has 15 nitrogen and oxygen atoms in total. The minimum atomic E-state index is -0.757. The molecular weight excluding hydrogens is 1650 g/mol. The van der Waals surface area contributed by atoms with Crippen molar-refractivity contribution in [3.63, 3.8) is 0 Å². The van der Waals surface area contributed by atoms with Crippen LogP contribution in [0.3, 0.4) is 0 Å². The predicted molar refractivity (Wildman–Crippen MR) is 485 cm³/mol. The van der Waals surface area contributed by atoms with Gasteiger partial charge in [0.1, 0.15) is 69.4 Å². The van der Waals surface area contributed by atoms with Gasteiger partial charge in [0, 0.05) is 104 Å². The van der Waals surface area contributed by atoms with Crippen LogP contribution in [0, 0.1) is 125 Å². The third kappa shape index (κ3) is 16.3. The van der Waals surface area contributed by atoms with Gasteiger partial charge in [0.15, 0.2) is 34.9 Å². The first-order valence-corrected chi connectivity index (χ1v) is 43.7. The van der Waals surface area contributed by atoms with Crippen molar-refractivity contribution in [1.82, 2.24) is 29.9 Å². The number of rotatable bonds is 18. The largest absolute Gasteiger partial charge is 0.457 e. The number of nitrogens with zero attached hydrogens (tertiary/aromatic N) is 6. The van der Waals surface area contributed by atoms with Gasteiger partial charge in [-0.3, -0.25) is 0 Å². The highest BCUT2D eigenvalue weighted by Crippen LogP contribution is 2.54. The standard InChI is InChI=1S/3C35H29F3N4O/c3*1-19-20-8-10-22(11-9-20)31(19)41-35-30(38)29(21-12-14-25(15-13-21)43-24-6-4-3-5-7-24)34(39-2)33(42-35)27-18-40-32-26(27)16-23(36)17-28(32)37/h3*3-7,12-20,22,31,40H,8-11H2,1H3,(H,41,42)/t2*19-,20?,22?,31+;/m10./s1. The molecule has 0 amide bonds. The van der Waals surface area contributed by atoms with Crippen molar-refractivity contribution in [2.45, 2.75) is 116 Å². The van der Waals surface area contributed by atoms with Crippen LogP contribution in [-0.4, -0.2) is 48.0 Å². The maximum absolute atomic E-state index is 16.6. The Morgan fingerprint density at radius 2 is 0.543 bits per heavy atom. The highest BCUT2D eigenvalue weighted by atomic mass is 19.2. The summed E-state index contributed by atoms with van der Waals surface area (Å²) in [7, 11) is 0. The molecule has 9 saturated carbocycles. The Labute approximate surface area is 739 Å². The van der Waals surface area contributed by atoms with E-state index in [4.69, 9.17) is 33.9 Å². The number of H-pyrrole nitrogens is 3. The van der Waals surface area contributed by atoms with Crippen molar-refractivity contribution in [2.75, 3.05) is 16.0 Å². The van der Waals surface area contributed by atoms with Crippen molar-refractivity contribution in [3.8, 4) is 102 Å². The topological polar surface area (TPSA) is 163 Å². The maximum atomic E-state index is 16.6. The number of ether oxygens (including phenoxy) is 3. The second-order valence-corrected chi connectivity index (χ2v) is 34.8. The summed E-state index contributed by atoms with van der Waals surface area (Å²) in [5.41, 5.74) is 3.23. The predicted octanol–water partition coefficient (Wildman–Crippen LogP) is 29.7. The number of para-hydroxylation sites is 3. The molecule has 24 heteroatoms. The molecule has 9 fully saturated rings. The fourth-order valence-corrected chi connectivity index (χ4v) is 21.1. The van der Waals surface area contributed by atoms with Crippen LogP contribution < -0.4 is 30.2 Å². The number of pyridine rings is 3. The number of hydrogen-bond donors (Lipinski definition) is 6. The summed E-state index contributed by atoms with van der Waals surface area (Å²) in [4.78, 5) is 33.8. The molecule has 2 unspecified atom stereocenters. The average molecular weight is 1740 g/mol. The van der Waals surface area contributed by atoms with Crippen molar-refractivity contribution >= 4 is 67.2 Å². The molecule has 6 aromatic heterocycles. The molecule has 0 spiro atoms. The Bertz CT molecular complexity index is 6210. The number of aromatic nitrogens is 6. The van der Waals surface area contributed by atoms with Crippen LogP contribution in [-0.2, 0) is 0 Å². The zero-order chi connectivity index (χ0) is 89.0. The molecule has 6 bridgehead atoms. The van der Waals surface area contributed by atoms with Crippen LogP contribution in [0.4, 0.5) is 74.0 Å². The molecule has 0 radical (unpaired) electrons. The van der Waals surface area contributed by atoms with E-state index in [1.807, 2.05) is 91.0 Å². The molecule has 129 heavy (non-hydrogen) atoms. The van der Waals surface area contributed by atoms with Gasteiger partial charge in [-0.25, -0.2) is 69.0 Å². The van der Waals surface area contributed by atoms with Crippen LogP contribution in [0.25, 0.3) is 114 Å².